The van der Waals surface area contributed by atoms with E-state index in [2.05, 4.69) is 36.2 Å². The topological polar surface area (TPSA) is 80.2 Å². The Kier molecular flexibility index (Phi) is 6.79. The second-order valence-electron chi connectivity index (χ2n) is 8.32. The van der Waals surface area contributed by atoms with E-state index in [1.54, 1.807) is 29.9 Å². The van der Waals surface area contributed by atoms with Gasteiger partial charge in [-0.15, -0.1) is 11.3 Å². The second kappa shape index (κ2) is 10.1. The number of thiophene rings is 1. The summed E-state index contributed by atoms with van der Waals surface area (Å²) < 4.78 is 6.00. The first-order chi connectivity index (χ1) is 17.0. The summed E-state index contributed by atoms with van der Waals surface area (Å²) in [6, 6.07) is 9.81. The van der Waals surface area contributed by atoms with Gasteiger partial charge in [-0.05, 0) is 67.8 Å². The van der Waals surface area contributed by atoms with E-state index in [1.807, 2.05) is 55.2 Å². The summed E-state index contributed by atoms with van der Waals surface area (Å²) in [6.45, 7) is 5.24. The lowest BCUT2D eigenvalue weighted by Gasteiger charge is -2.26. The molecule has 0 saturated carbocycles. The maximum Gasteiger partial charge on any atom is 0.246 e. The van der Waals surface area contributed by atoms with Gasteiger partial charge in [0.2, 0.25) is 5.91 Å². The van der Waals surface area contributed by atoms with Crippen LogP contribution in [0.3, 0.4) is 0 Å². The van der Waals surface area contributed by atoms with Crippen molar-refractivity contribution in [3.63, 3.8) is 0 Å². The van der Waals surface area contributed by atoms with Crippen molar-refractivity contribution < 1.29 is 9.53 Å². The number of anilines is 2. The number of aromatic nitrogens is 3. The number of carbonyl (C=O) groups excluding carboxylic acids is 1. The van der Waals surface area contributed by atoms with Gasteiger partial charge in [-0.25, -0.2) is 9.97 Å². The number of benzene rings is 1. The molecule has 1 amide bonds. The van der Waals surface area contributed by atoms with E-state index in [0.717, 1.165) is 45.1 Å². The predicted octanol–water partition coefficient (Wildman–Crippen LogP) is 6.07. The highest BCUT2D eigenvalue weighted by Crippen LogP contribution is 2.38. The van der Waals surface area contributed by atoms with Crippen LogP contribution in [0.4, 0.5) is 11.5 Å². The Morgan fingerprint density at radius 1 is 1.23 bits per heavy atom. The smallest absolute Gasteiger partial charge is 0.246 e. The average molecular weight is 550 g/mol. The number of pyridine rings is 1. The SMILES string of the molecule is Cc1ccc(Oc2ccc(Nc3ncnc4sc5c(c34)CCN(C(=O)/C=C/CBr)C5)cc2C)cn1. The van der Waals surface area contributed by atoms with E-state index in [0.29, 0.717) is 24.2 Å². The van der Waals surface area contributed by atoms with E-state index in [9.17, 15) is 4.79 Å². The molecule has 0 fully saturated rings. The molecule has 7 nitrogen and oxygen atoms in total. The number of halogens is 1. The van der Waals surface area contributed by atoms with Gasteiger partial charge >= 0.3 is 0 Å². The number of nitrogens with one attached hydrogen (secondary N) is 1. The van der Waals surface area contributed by atoms with Gasteiger partial charge in [0.1, 0.15) is 28.5 Å². The fourth-order valence-electron chi connectivity index (χ4n) is 4.08. The van der Waals surface area contributed by atoms with Gasteiger partial charge in [0.15, 0.2) is 0 Å². The van der Waals surface area contributed by atoms with E-state index in [-0.39, 0.29) is 5.91 Å². The molecular weight excluding hydrogens is 526 g/mol. The van der Waals surface area contributed by atoms with E-state index < -0.39 is 0 Å². The van der Waals surface area contributed by atoms with Gasteiger partial charge in [0, 0.05) is 28.1 Å². The minimum Gasteiger partial charge on any atom is -0.455 e. The monoisotopic (exact) mass is 549 g/mol. The minimum absolute atomic E-state index is 0.0381. The molecular formula is C26H24BrN5O2S. The number of amides is 1. The summed E-state index contributed by atoms with van der Waals surface area (Å²) in [7, 11) is 0. The zero-order chi connectivity index (χ0) is 24.4. The first-order valence-corrected chi connectivity index (χ1v) is 13.2. The lowest BCUT2D eigenvalue weighted by atomic mass is 10.0. The van der Waals surface area contributed by atoms with Crippen LogP contribution in [0.2, 0.25) is 0 Å². The molecule has 0 aliphatic carbocycles. The lowest BCUT2D eigenvalue weighted by molar-refractivity contribution is -0.126. The highest BCUT2D eigenvalue weighted by molar-refractivity contribution is 9.09. The van der Waals surface area contributed by atoms with Crippen LogP contribution in [0.25, 0.3) is 10.2 Å². The summed E-state index contributed by atoms with van der Waals surface area (Å²) in [5.41, 5.74) is 4.10. The molecule has 9 heteroatoms. The van der Waals surface area contributed by atoms with Gasteiger partial charge in [-0.1, -0.05) is 22.0 Å². The van der Waals surface area contributed by atoms with Crippen molar-refractivity contribution in [2.24, 2.45) is 0 Å². The Morgan fingerprint density at radius 2 is 2.11 bits per heavy atom. The molecule has 0 saturated heterocycles. The fraction of sp³-hybridized carbons (Fsp3) is 0.231. The molecule has 0 bridgehead atoms. The zero-order valence-electron chi connectivity index (χ0n) is 19.4. The number of aryl methyl sites for hydroxylation is 2. The van der Waals surface area contributed by atoms with Crippen LogP contribution in [0.15, 0.2) is 55.0 Å². The highest BCUT2D eigenvalue weighted by Gasteiger charge is 2.25. The third kappa shape index (κ3) is 5.06. The Morgan fingerprint density at radius 3 is 2.89 bits per heavy atom. The first-order valence-electron chi connectivity index (χ1n) is 11.3. The van der Waals surface area contributed by atoms with Crippen molar-refractivity contribution in [2.75, 3.05) is 17.2 Å². The Labute approximate surface area is 216 Å². The van der Waals surface area contributed by atoms with E-state index >= 15 is 0 Å². The Balaban J connectivity index is 1.38. The van der Waals surface area contributed by atoms with Crippen LogP contribution in [-0.2, 0) is 17.8 Å². The van der Waals surface area contributed by atoms with Crippen molar-refractivity contribution in [3.8, 4) is 11.5 Å². The summed E-state index contributed by atoms with van der Waals surface area (Å²) in [5.74, 6) is 2.30. The zero-order valence-corrected chi connectivity index (χ0v) is 21.8. The molecule has 4 heterocycles. The predicted molar refractivity (Wildman–Crippen MR) is 143 cm³/mol. The molecule has 4 aromatic rings. The van der Waals surface area contributed by atoms with Crippen molar-refractivity contribution in [3.05, 3.63) is 76.7 Å². The molecule has 35 heavy (non-hydrogen) atoms. The normalized spacial score (nSPS) is 13.3. The number of carbonyl (C=O) groups is 1. The number of fused-ring (bicyclic) bond motifs is 3. The Hall–Kier alpha value is -3.30. The highest BCUT2D eigenvalue weighted by atomic mass is 79.9. The third-order valence-electron chi connectivity index (χ3n) is 5.85. The number of ether oxygens (including phenoxy) is 1. The van der Waals surface area contributed by atoms with Gasteiger partial charge in [-0.3, -0.25) is 9.78 Å². The third-order valence-corrected chi connectivity index (χ3v) is 7.35. The number of alkyl halides is 1. The molecule has 0 unspecified atom stereocenters. The first kappa shape index (κ1) is 23.4. The molecule has 1 aliphatic heterocycles. The van der Waals surface area contributed by atoms with Gasteiger partial charge in [0.05, 0.1) is 18.1 Å². The minimum atomic E-state index is 0.0381. The maximum atomic E-state index is 12.4. The molecule has 1 aliphatic rings. The number of hydrogen-bond donors (Lipinski definition) is 1. The van der Waals surface area contributed by atoms with Crippen molar-refractivity contribution in [1.82, 2.24) is 19.9 Å². The van der Waals surface area contributed by atoms with E-state index in [1.165, 1.54) is 10.4 Å². The average Bonchev–Trinajstić information content (AvgIpc) is 3.24. The van der Waals surface area contributed by atoms with Crippen LogP contribution in [0, 0.1) is 13.8 Å². The van der Waals surface area contributed by atoms with E-state index in [4.69, 9.17) is 4.74 Å². The van der Waals surface area contributed by atoms with Gasteiger partial charge in [-0.2, -0.15) is 0 Å². The molecule has 0 spiro atoms. The van der Waals surface area contributed by atoms with Crippen LogP contribution >= 0.6 is 27.3 Å². The van der Waals surface area contributed by atoms with Crippen LogP contribution in [-0.4, -0.2) is 37.6 Å². The number of hydrogen-bond acceptors (Lipinski definition) is 7. The van der Waals surface area contributed by atoms with Crippen LogP contribution in [0.1, 0.15) is 21.7 Å². The van der Waals surface area contributed by atoms with Gasteiger partial charge < -0.3 is 15.0 Å². The molecule has 1 aromatic carbocycles. The number of nitrogens with zero attached hydrogens (tertiary/aromatic N) is 4. The summed E-state index contributed by atoms with van der Waals surface area (Å²) in [6.07, 6.45) is 7.55. The van der Waals surface area contributed by atoms with Crippen molar-refractivity contribution >= 4 is 54.9 Å². The molecule has 0 atom stereocenters. The van der Waals surface area contributed by atoms with Crippen molar-refractivity contribution in [2.45, 2.75) is 26.8 Å². The largest absolute Gasteiger partial charge is 0.455 e. The Bertz CT molecular complexity index is 1420. The molecule has 3 aromatic heterocycles. The second-order valence-corrected chi connectivity index (χ2v) is 10.0. The summed E-state index contributed by atoms with van der Waals surface area (Å²) in [4.78, 5) is 29.8. The molecule has 0 radical (unpaired) electrons. The summed E-state index contributed by atoms with van der Waals surface area (Å²) in [5, 5.41) is 5.18. The van der Waals surface area contributed by atoms with Gasteiger partial charge in [0.25, 0.3) is 0 Å². The van der Waals surface area contributed by atoms with Crippen molar-refractivity contribution in [1.29, 1.82) is 0 Å². The maximum absolute atomic E-state index is 12.4. The quantitative estimate of drug-likeness (QED) is 0.232. The molecule has 1 N–H and O–H groups in total. The van der Waals surface area contributed by atoms with Crippen LogP contribution < -0.4 is 10.1 Å². The molecule has 178 valence electrons. The lowest BCUT2D eigenvalue weighted by Crippen LogP contribution is -2.34. The standard InChI is InChI=1S/C26H24BrN5O2S/c1-16-12-18(6-8-21(16)34-19-7-5-17(2)28-13-19)31-25-24-20-9-11-32(23(33)4-3-10-27)14-22(20)35-26(24)30-15-29-25/h3-8,12-13,15H,9-11,14H2,1-2H3,(H,29,30,31)/b4-3+. The fourth-order valence-corrected chi connectivity index (χ4v) is 5.47. The number of allylic oxidation sites excluding steroid dienone is 1. The van der Waals surface area contributed by atoms with Crippen LogP contribution in [0.5, 0.6) is 11.5 Å². The number of rotatable bonds is 6. The summed E-state index contributed by atoms with van der Waals surface area (Å²) >= 11 is 4.96. The molecule has 5 rings (SSSR count).